The summed E-state index contributed by atoms with van der Waals surface area (Å²) in [6, 6.07) is 0. The first-order valence-corrected chi connectivity index (χ1v) is 18.0. The second kappa shape index (κ2) is 32.7. The van der Waals surface area contributed by atoms with Gasteiger partial charge in [-0.25, -0.2) is 0 Å². The fourth-order valence-corrected chi connectivity index (χ4v) is 4.82. The molecular formula is C38H66O8. The van der Waals surface area contributed by atoms with E-state index in [0.29, 0.717) is 6.42 Å². The molecule has 0 heterocycles. The Hall–Kier alpha value is -2.26. The fourth-order valence-electron chi connectivity index (χ4n) is 4.82. The highest BCUT2D eigenvalue weighted by Crippen LogP contribution is 2.13. The average molecular weight is 651 g/mol. The van der Waals surface area contributed by atoms with Crippen LogP contribution in [0.5, 0.6) is 0 Å². The maximum absolute atomic E-state index is 12.2. The molecule has 0 radical (unpaired) electrons. The number of carbonyl (C=O) groups is 2. The van der Waals surface area contributed by atoms with E-state index in [-0.39, 0.29) is 31.8 Å². The molecule has 0 aromatic heterocycles. The predicted octanol–water partition coefficient (Wildman–Crippen LogP) is 7.58. The van der Waals surface area contributed by atoms with Crippen molar-refractivity contribution in [3.05, 3.63) is 48.6 Å². The monoisotopic (exact) mass is 650 g/mol. The van der Waals surface area contributed by atoms with Crippen LogP contribution in [0.25, 0.3) is 0 Å². The van der Waals surface area contributed by atoms with Gasteiger partial charge >= 0.3 is 11.9 Å². The first kappa shape index (κ1) is 43.7. The highest BCUT2D eigenvalue weighted by Gasteiger charge is 2.18. The van der Waals surface area contributed by atoms with Gasteiger partial charge in [0.15, 0.2) is 6.10 Å². The van der Waals surface area contributed by atoms with E-state index in [1.807, 2.05) is 6.08 Å². The molecule has 0 fully saturated rings. The maximum atomic E-state index is 12.2. The van der Waals surface area contributed by atoms with Crippen molar-refractivity contribution >= 4 is 11.9 Å². The number of aliphatic hydroxyl groups excluding tert-OH is 4. The third kappa shape index (κ3) is 29.2. The zero-order valence-electron chi connectivity index (χ0n) is 28.9. The summed E-state index contributed by atoms with van der Waals surface area (Å²) in [4.78, 5) is 24.2. The number of hydrogen-bond acceptors (Lipinski definition) is 8. The zero-order chi connectivity index (χ0) is 34.1. The first-order valence-electron chi connectivity index (χ1n) is 18.0. The Balaban J connectivity index is 3.98. The van der Waals surface area contributed by atoms with Crippen molar-refractivity contribution in [2.45, 2.75) is 167 Å². The Morgan fingerprint density at radius 1 is 0.587 bits per heavy atom. The maximum Gasteiger partial charge on any atom is 0.306 e. The van der Waals surface area contributed by atoms with E-state index >= 15 is 0 Å². The van der Waals surface area contributed by atoms with Gasteiger partial charge in [-0.1, -0.05) is 152 Å². The lowest BCUT2D eigenvalue weighted by Gasteiger charge is -2.17. The average Bonchev–Trinajstić information content (AvgIpc) is 3.04. The quantitative estimate of drug-likeness (QED) is 0.0343. The van der Waals surface area contributed by atoms with Crippen molar-refractivity contribution in [1.29, 1.82) is 0 Å². The molecule has 46 heavy (non-hydrogen) atoms. The molecule has 0 aromatic carbocycles. The predicted molar refractivity (Wildman–Crippen MR) is 186 cm³/mol. The standard InChI is InChI=1S/C38H66O8/c1-3-5-7-8-9-10-11-12-13-14-19-23-29-37(43)45-32-34(31-39)46-38(44)30-24-28-36(42)35(41)27-22-18-16-15-17-21-26-33(40)25-20-6-4-2/h15-18,21-22,26-27,33-36,39-42H,3-14,19-20,23-25,28-32H2,1-2H3/b17-15-,18-16+,26-21+,27-22+/t33-,34-,35-,36-/m0/s1. The summed E-state index contributed by atoms with van der Waals surface area (Å²) in [5, 5.41) is 39.6. The molecule has 4 atom stereocenters. The van der Waals surface area contributed by atoms with E-state index in [0.717, 1.165) is 44.9 Å². The van der Waals surface area contributed by atoms with E-state index in [1.54, 1.807) is 36.5 Å². The van der Waals surface area contributed by atoms with Crippen LogP contribution in [0.1, 0.15) is 142 Å². The van der Waals surface area contributed by atoms with Crippen molar-refractivity contribution in [1.82, 2.24) is 0 Å². The second-order valence-corrected chi connectivity index (χ2v) is 12.2. The number of carbonyl (C=O) groups excluding carboxylic acids is 2. The third-order valence-corrected chi connectivity index (χ3v) is 7.74. The van der Waals surface area contributed by atoms with Gasteiger partial charge in [-0.05, 0) is 25.7 Å². The van der Waals surface area contributed by atoms with E-state index in [1.165, 1.54) is 63.9 Å². The molecule has 0 aromatic rings. The Morgan fingerprint density at radius 3 is 1.67 bits per heavy atom. The van der Waals surface area contributed by atoms with E-state index < -0.39 is 37.0 Å². The van der Waals surface area contributed by atoms with Crippen LogP contribution in [0.2, 0.25) is 0 Å². The van der Waals surface area contributed by atoms with Crippen molar-refractivity contribution < 1.29 is 39.5 Å². The van der Waals surface area contributed by atoms with Crippen LogP contribution in [-0.4, -0.2) is 70.0 Å². The van der Waals surface area contributed by atoms with E-state index in [4.69, 9.17) is 9.47 Å². The van der Waals surface area contributed by atoms with Crippen molar-refractivity contribution in [2.75, 3.05) is 13.2 Å². The molecule has 0 bridgehead atoms. The minimum atomic E-state index is -1.09. The van der Waals surface area contributed by atoms with Gasteiger partial charge in [0.2, 0.25) is 0 Å². The lowest BCUT2D eigenvalue weighted by molar-refractivity contribution is -0.161. The molecule has 0 unspecified atom stereocenters. The first-order chi connectivity index (χ1) is 22.3. The molecule has 8 heteroatoms. The van der Waals surface area contributed by atoms with Crippen LogP contribution < -0.4 is 0 Å². The van der Waals surface area contributed by atoms with Gasteiger partial charge < -0.3 is 29.9 Å². The fraction of sp³-hybridized carbons (Fsp3) is 0.737. The minimum Gasteiger partial charge on any atom is -0.462 e. The molecule has 0 rings (SSSR count). The zero-order valence-corrected chi connectivity index (χ0v) is 28.9. The van der Waals surface area contributed by atoms with Crippen LogP contribution in [0.4, 0.5) is 0 Å². The normalized spacial score (nSPS) is 14.8. The largest absolute Gasteiger partial charge is 0.462 e. The molecule has 0 aliphatic rings. The SMILES string of the molecule is CCCCCCCCCCCCCCC(=O)OC[C@H](CO)OC(=O)CCC[C@H](O)[C@@H](O)/C=C/C=C/C=C\C=C\[C@@H](O)CCCCC. The molecule has 0 spiro atoms. The number of hydrogen-bond donors (Lipinski definition) is 4. The topological polar surface area (TPSA) is 134 Å². The summed E-state index contributed by atoms with van der Waals surface area (Å²) in [7, 11) is 0. The number of esters is 2. The number of allylic oxidation sites excluding steroid dienone is 6. The Kier molecular flexibility index (Phi) is 31.1. The lowest BCUT2D eigenvalue weighted by atomic mass is 10.0. The summed E-state index contributed by atoms with van der Waals surface area (Å²) in [5.74, 6) is -0.923. The van der Waals surface area contributed by atoms with Crippen LogP contribution in [-0.2, 0) is 19.1 Å². The summed E-state index contributed by atoms with van der Waals surface area (Å²) in [5.41, 5.74) is 0. The van der Waals surface area contributed by atoms with Crippen LogP contribution in [0.15, 0.2) is 48.6 Å². The number of aliphatic hydroxyl groups is 4. The van der Waals surface area contributed by atoms with Crippen LogP contribution in [0, 0.1) is 0 Å². The van der Waals surface area contributed by atoms with E-state index in [9.17, 15) is 30.0 Å². The van der Waals surface area contributed by atoms with Gasteiger partial charge in [0.25, 0.3) is 0 Å². The molecule has 0 aliphatic carbocycles. The molecular weight excluding hydrogens is 584 g/mol. The van der Waals surface area contributed by atoms with Crippen LogP contribution >= 0.6 is 0 Å². The lowest BCUT2D eigenvalue weighted by Crippen LogP contribution is -2.29. The van der Waals surface area contributed by atoms with Gasteiger partial charge in [0, 0.05) is 12.8 Å². The van der Waals surface area contributed by atoms with Gasteiger partial charge in [-0.3, -0.25) is 9.59 Å². The smallest absolute Gasteiger partial charge is 0.306 e. The van der Waals surface area contributed by atoms with Gasteiger partial charge in [-0.15, -0.1) is 0 Å². The Labute approximate surface area is 279 Å². The van der Waals surface area contributed by atoms with Gasteiger partial charge in [0.05, 0.1) is 24.9 Å². The second-order valence-electron chi connectivity index (χ2n) is 12.2. The molecule has 0 saturated carbocycles. The highest BCUT2D eigenvalue weighted by atomic mass is 16.6. The van der Waals surface area contributed by atoms with Gasteiger partial charge in [0.1, 0.15) is 6.61 Å². The van der Waals surface area contributed by atoms with E-state index in [2.05, 4.69) is 13.8 Å². The minimum absolute atomic E-state index is 0.00230. The van der Waals surface area contributed by atoms with Crippen molar-refractivity contribution in [2.24, 2.45) is 0 Å². The van der Waals surface area contributed by atoms with Crippen LogP contribution in [0.3, 0.4) is 0 Å². The van der Waals surface area contributed by atoms with Crippen molar-refractivity contribution in [3.8, 4) is 0 Å². The Bertz CT molecular complexity index is 835. The van der Waals surface area contributed by atoms with Gasteiger partial charge in [-0.2, -0.15) is 0 Å². The Morgan fingerprint density at radius 2 is 1.09 bits per heavy atom. The summed E-state index contributed by atoms with van der Waals surface area (Å²) < 4.78 is 10.4. The highest BCUT2D eigenvalue weighted by molar-refractivity contribution is 5.70. The summed E-state index contributed by atoms with van der Waals surface area (Å²) in [6.07, 6.45) is 29.6. The molecule has 266 valence electrons. The number of unbranched alkanes of at least 4 members (excludes halogenated alkanes) is 13. The molecule has 0 aliphatic heterocycles. The third-order valence-electron chi connectivity index (χ3n) is 7.74. The number of rotatable bonds is 31. The number of ether oxygens (including phenoxy) is 2. The summed E-state index contributed by atoms with van der Waals surface area (Å²) >= 11 is 0. The van der Waals surface area contributed by atoms with Crippen molar-refractivity contribution in [3.63, 3.8) is 0 Å². The summed E-state index contributed by atoms with van der Waals surface area (Å²) in [6.45, 7) is 3.72. The molecule has 0 saturated heterocycles. The molecule has 4 N–H and O–H groups in total. The molecule has 8 nitrogen and oxygen atoms in total. The molecule has 0 amide bonds.